The van der Waals surface area contributed by atoms with Crippen LogP contribution in [0.25, 0.3) is 0 Å². The molecule has 2 aromatic rings. The van der Waals surface area contributed by atoms with E-state index in [0.717, 1.165) is 32.7 Å². The van der Waals surface area contributed by atoms with Gasteiger partial charge in [0.05, 0.1) is 0 Å². The average molecular weight is 353 g/mol. The summed E-state index contributed by atoms with van der Waals surface area (Å²) in [5.41, 5.74) is 1.64. The molecule has 1 aliphatic rings. The fraction of sp³-hybridized carbons (Fsp3) is 0.450. The molecule has 3 rings (SSSR count). The number of aryl methyl sites for hydroxylation is 1. The molecule has 1 N–H and O–H groups in total. The number of benzene rings is 1. The van der Waals surface area contributed by atoms with Crippen LogP contribution in [0.1, 0.15) is 41.8 Å². The number of aromatic nitrogens is 2. The van der Waals surface area contributed by atoms with E-state index < -0.39 is 0 Å². The third-order valence-corrected chi connectivity index (χ3v) is 4.83. The molecule has 0 aliphatic carbocycles. The van der Waals surface area contributed by atoms with E-state index in [1.54, 1.807) is 6.07 Å². The maximum Gasteiger partial charge on any atom is 0.272 e. The molecule has 1 aliphatic heterocycles. The van der Waals surface area contributed by atoms with Crippen LogP contribution in [0.15, 0.2) is 36.4 Å². The van der Waals surface area contributed by atoms with Gasteiger partial charge in [0.15, 0.2) is 0 Å². The second-order valence-corrected chi connectivity index (χ2v) is 6.69. The zero-order chi connectivity index (χ0) is 18.5. The molecule has 6 nitrogen and oxygen atoms in total. The summed E-state index contributed by atoms with van der Waals surface area (Å²) in [6.45, 7) is 10.4. The lowest BCUT2D eigenvalue weighted by Gasteiger charge is -2.33. The van der Waals surface area contributed by atoms with Crippen LogP contribution in [0.5, 0.6) is 0 Å². The predicted octanol–water partition coefficient (Wildman–Crippen LogP) is 2.74. The summed E-state index contributed by atoms with van der Waals surface area (Å²) < 4.78 is 0. The Kier molecular flexibility index (Phi) is 5.83. The van der Waals surface area contributed by atoms with Crippen molar-refractivity contribution in [2.45, 2.75) is 26.8 Å². The van der Waals surface area contributed by atoms with E-state index in [-0.39, 0.29) is 11.9 Å². The highest BCUT2D eigenvalue weighted by Crippen LogP contribution is 2.19. The third kappa shape index (κ3) is 4.38. The fourth-order valence-electron chi connectivity index (χ4n) is 3.23. The van der Waals surface area contributed by atoms with Crippen molar-refractivity contribution in [2.24, 2.45) is 0 Å². The second kappa shape index (κ2) is 8.27. The molecule has 2 heterocycles. The number of hydrogen-bond donors (Lipinski definition) is 1. The van der Waals surface area contributed by atoms with Crippen LogP contribution in [-0.2, 0) is 0 Å². The SMILES string of the molecule is CCN1CCN(C(=O)c2cc(NC(C)c3ccccc3)nc(C)n2)CC1. The first-order chi connectivity index (χ1) is 12.6. The van der Waals surface area contributed by atoms with Gasteiger partial charge in [0.25, 0.3) is 5.91 Å². The number of likely N-dealkylation sites (N-methyl/N-ethyl adjacent to an activating group) is 1. The molecule has 1 unspecified atom stereocenters. The maximum absolute atomic E-state index is 12.8. The van der Waals surface area contributed by atoms with Crippen molar-refractivity contribution < 1.29 is 4.79 Å². The lowest BCUT2D eigenvalue weighted by atomic mass is 10.1. The smallest absolute Gasteiger partial charge is 0.272 e. The zero-order valence-corrected chi connectivity index (χ0v) is 15.8. The van der Waals surface area contributed by atoms with Gasteiger partial charge >= 0.3 is 0 Å². The minimum atomic E-state index is -0.0123. The molecule has 138 valence electrons. The van der Waals surface area contributed by atoms with Crippen LogP contribution in [0.4, 0.5) is 5.82 Å². The molecule has 1 aromatic heterocycles. The topological polar surface area (TPSA) is 61.4 Å². The second-order valence-electron chi connectivity index (χ2n) is 6.69. The van der Waals surface area contributed by atoms with Crippen LogP contribution in [0, 0.1) is 6.92 Å². The molecular formula is C20H27N5O. The molecule has 0 radical (unpaired) electrons. The van der Waals surface area contributed by atoms with Gasteiger partial charge in [-0.1, -0.05) is 37.3 Å². The van der Waals surface area contributed by atoms with Gasteiger partial charge in [0, 0.05) is 38.3 Å². The highest BCUT2D eigenvalue weighted by atomic mass is 16.2. The number of nitrogens with zero attached hydrogens (tertiary/aromatic N) is 4. The third-order valence-electron chi connectivity index (χ3n) is 4.83. The van der Waals surface area contributed by atoms with Gasteiger partial charge in [0.2, 0.25) is 0 Å². The van der Waals surface area contributed by atoms with Crippen molar-refractivity contribution in [3.8, 4) is 0 Å². The Morgan fingerprint density at radius 2 is 1.85 bits per heavy atom. The standard InChI is InChI=1S/C20H27N5O/c1-4-24-10-12-25(13-11-24)20(26)18-14-19(23-16(3)22-18)21-15(2)17-8-6-5-7-9-17/h5-9,14-15H,4,10-13H2,1-3H3,(H,21,22,23). The lowest BCUT2D eigenvalue weighted by molar-refractivity contribution is 0.0637. The number of carbonyl (C=O) groups excluding carboxylic acids is 1. The molecule has 1 fully saturated rings. The number of hydrogen-bond acceptors (Lipinski definition) is 5. The Morgan fingerprint density at radius 3 is 2.50 bits per heavy atom. The quantitative estimate of drug-likeness (QED) is 0.896. The Hall–Kier alpha value is -2.47. The summed E-state index contributed by atoms with van der Waals surface area (Å²) in [5, 5.41) is 3.38. The molecule has 0 saturated carbocycles. The Labute approximate surface area is 155 Å². The first kappa shape index (κ1) is 18.3. The molecule has 6 heteroatoms. The highest BCUT2D eigenvalue weighted by Gasteiger charge is 2.23. The predicted molar refractivity (Wildman–Crippen MR) is 103 cm³/mol. The van der Waals surface area contributed by atoms with E-state index in [4.69, 9.17) is 0 Å². The summed E-state index contributed by atoms with van der Waals surface area (Å²) in [4.78, 5) is 25.9. The number of nitrogens with one attached hydrogen (secondary N) is 1. The Bertz CT molecular complexity index is 741. The van der Waals surface area contributed by atoms with Crippen molar-refractivity contribution in [3.05, 3.63) is 53.5 Å². The van der Waals surface area contributed by atoms with E-state index in [2.05, 4.69) is 46.2 Å². The number of piperazine rings is 1. The van der Waals surface area contributed by atoms with Crippen LogP contribution < -0.4 is 5.32 Å². The van der Waals surface area contributed by atoms with Crippen LogP contribution in [0.2, 0.25) is 0 Å². The van der Waals surface area contributed by atoms with Crippen LogP contribution >= 0.6 is 0 Å². The van der Waals surface area contributed by atoms with Gasteiger partial charge in [-0.25, -0.2) is 9.97 Å². The minimum Gasteiger partial charge on any atom is -0.363 e. The normalized spacial score (nSPS) is 16.3. The minimum absolute atomic E-state index is 0.0123. The van der Waals surface area contributed by atoms with Crippen LogP contribution in [-0.4, -0.2) is 58.4 Å². The average Bonchev–Trinajstić information content (AvgIpc) is 2.67. The van der Waals surface area contributed by atoms with E-state index in [9.17, 15) is 4.79 Å². The number of carbonyl (C=O) groups is 1. The number of amides is 1. The summed E-state index contributed by atoms with van der Waals surface area (Å²) >= 11 is 0. The Balaban J connectivity index is 1.72. The van der Waals surface area contributed by atoms with Crippen LogP contribution in [0.3, 0.4) is 0 Å². The number of rotatable bonds is 5. The van der Waals surface area contributed by atoms with Gasteiger partial charge in [-0.2, -0.15) is 0 Å². The van der Waals surface area contributed by atoms with E-state index in [0.29, 0.717) is 17.3 Å². The Morgan fingerprint density at radius 1 is 1.15 bits per heavy atom. The number of anilines is 1. The van der Waals surface area contributed by atoms with Crippen molar-refractivity contribution in [1.82, 2.24) is 19.8 Å². The van der Waals surface area contributed by atoms with E-state index in [1.165, 1.54) is 5.56 Å². The highest BCUT2D eigenvalue weighted by molar-refractivity contribution is 5.93. The summed E-state index contributed by atoms with van der Waals surface area (Å²) in [7, 11) is 0. The summed E-state index contributed by atoms with van der Waals surface area (Å²) in [6.07, 6.45) is 0. The van der Waals surface area contributed by atoms with Crippen molar-refractivity contribution in [3.63, 3.8) is 0 Å². The first-order valence-electron chi connectivity index (χ1n) is 9.25. The molecule has 1 atom stereocenters. The molecular weight excluding hydrogens is 326 g/mol. The first-order valence-corrected chi connectivity index (χ1v) is 9.25. The molecule has 1 saturated heterocycles. The molecule has 0 bridgehead atoms. The van der Waals surface area contributed by atoms with Crippen molar-refractivity contribution >= 4 is 11.7 Å². The largest absolute Gasteiger partial charge is 0.363 e. The van der Waals surface area contributed by atoms with Crippen molar-refractivity contribution in [1.29, 1.82) is 0 Å². The molecule has 1 amide bonds. The molecule has 1 aromatic carbocycles. The van der Waals surface area contributed by atoms with E-state index in [1.807, 2.05) is 30.0 Å². The van der Waals surface area contributed by atoms with E-state index >= 15 is 0 Å². The lowest BCUT2D eigenvalue weighted by Crippen LogP contribution is -2.48. The fourth-order valence-corrected chi connectivity index (χ4v) is 3.23. The zero-order valence-electron chi connectivity index (χ0n) is 15.8. The van der Waals surface area contributed by atoms with Gasteiger partial charge < -0.3 is 15.1 Å². The molecule has 26 heavy (non-hydrogen) atoms. The van der Waals surface area contributed by atoms with Gasteiger partial charge in [-0.05, 0) is 26.0 Å². The van der Waals surface area contributed by atoms with Crippen molar-refractivity contribution in [2.75, 3.05) is 38.0 Å². The van der Waals surface area contributed by atoms with Gasteiger partial charge in [-0.15, -0.1) is 0 Å². The van der Waals surface area contributed by atoms with Gasteiger partial charge in [-0.3, -0.25) is 4.79 Å². The summed E-state index contributed by atoms with van der Waals surface area (Å²) in [6, 6.07) is 12.0. The summed E-state index contributed by atoms with van der Waals surface area (Å²) in [5.74, 6) is 1.27. The maximum atomic E-state index is 12.8. The van der Waals surface area contributed by atoms with Gasteiger partial charge in [0.1, 0.15) is 17.3 Å². The monoisotopic (exact) mass is 353 g/mol. The molecule has 0 spiro atoms.